The number of carbonyl (C=O) groups excluding carboxylic acids is 4. The fourth-order valence-corrected chi connectivity index (χ4v) is 14.0. The van der Waals surface area contributed by atoms with Crippen LogP contribution in [0.1, 0.15) is 146 Å². The first-order valence-electron chi connectivity index (χ1n) is 21.7. The molecule has 308 valence electrons. The molecule has 0 N–H and O–H groups in total. The lowest BCUT2D eigenvalue weighted by atomic mass is 9.82. The van der Waals surface area contributed by atoms with Crippen LogP contribution in [-0.4, -0.2) is 78.7 Å². The average Bonchev–Trinajstić information content (AvgIpc) is 3.24. The van der Waals surface area contributed by atoms with E-state index >= 15 is 0 Å². The Morgan fingerprint density at radius 2 is 0.638 bits per heavy atom. The standard InChI is InChI=1S/C48H58N2O4S4/c1-5-9-13-25-55-39(56-26-14-10-6-2)29-49-45(51)35-21-17-31-33-19-23-37-44-38(24-20-34(42(33)44)32-18-22-36(46(49)52)43(35)41(31)32)48(54)50(47(37)53)30-40(57-27-15-11-7-3)58-28-16-12-8-4/h17-24,39-40H,5-16,25-30H2,1-4H3. The Hall–Kier alpha value is -2.92. The van der Waals surface area contributed by atoms with E-state index in [-0.39, 0.29) is 32.8 Å². The number of imide groups is 2. The van der Waals surface area contributed by atoms with Gasteiger partial charge in [-0.25, -0.2) is 0 Å². The van der Waals surface area contributed by atoms with E-state index in [0.717, 1.165) is 107 Å². The molecule has 4 amide bonds. The Morgan fingerprint density at radius 3 is 0.879 bits per heavy atom. The minimum Gasteiger partial charge on any atom is -0.272 e. The molecule has 0 aliphatic carbocycles. The van der Waals surface area contributed by atoms with Crippen molar-refractivity contribution in [2.75, 3.05) is 36.1 Å². The molecule has 0 saturated heterocycles. The lowest BCUT2D eigenvalue weighted by Crippen LogP contribution is -2.43. The number of carbonyl (C=O) groups is 4. The maximum absolute atomic E-state index is 14.4. The largest absolute Gasteiger partial charge is 0.272 e. The van der Waals surface area contributed by atoms with E-state index < -0.39 is 0 Å². The zero-order valence-corrected chi connectivity index (χ0v) is 37.9. The van der Waals surface area contributed by atoms with Crippen molar-refractivity contribution in [3.63, 3.8) is 0 Å². The van der Waals surface area contributed by atoms with Gasteiger partial charge in [-0.3, -0.25) is 29.0 Å². The summed E-state index contributed by atoms with van der Waals surface area (Å²) in [6, 6.07) is 15.6. The predicted molar refractivity (Wildman–Crippen MR) is 254 cm³/mol. The Balaban J connectivity index is 1.22. The summed E-state index contributed by atoms with van der Waals surface area (Å²) in [5, 5.41) is 6.89. The third-order valence-electron chi connectivity index (χ3n) is 11.7. The van der Waals surface area contributed by atoms with Crippen LogP contribution in [0.5, 0.6) is 0 Å². The first-order valence-corrected chi connectivity index (χ1v) is 25.9. The average molecular weight is 855 g/mol. The van der Waals surface area contributed by atoms with Gasteiger partial charge in [0, 0.05) is 33.0 Å². The lowest BCUT2D eigenvalue weighted by molar-refractivity contribution is 0.0603. The van der Waals surface area contributed by atoms with Crippen LogP contribution in [0.3, 0.4) is 0 Å². The summed E-state index contributed by atoms with van der Waals surface area (Å²) in [5.74, 6) is 3.17. The van der Waals surface area contributed by atoms with E-state index in [1.165, 1.54) is 35.5 Å². The second-order valence-corrected chi connectivity index (χ2v) is 21.6. The Labute approximate surface area is 361 Å². The highest BCUT2D eigenvalue weighted by molar-refractivity contribution is 8.17. The second kappa shape index (κ2) is 20.1. The molecule has 2 aliphatic rings. The minimum atomic E-state index is -0.229. The van der Waals surface area contributed by atoms with Crippen molar-refractivity contribution in [1.82, 2.24) is 9.80 Å². The molecule has 0 spiro atoms. The van der Waals surface area contributed by atoms with Crippen LogP contribution in [0.15, 0.2) is 48.5 Å². The van der Waals surface area contributed by atoms with Crippen LogP contribution in [0, 0.1) is 0 Å². The van der Waals surface area contributed by atoms with Gasteiger partial charge in [0.1, 0.15) is 0 Å². The summed E-state index contributed by atoms with van der Waals surface area (Å²) >= 11 is 7.53. The normalized spacial score (nSPS) is 14.4. The van der Waals surface area contributed by atoms with Gasteiger partial charge in [0.15, 0.2) is 0 Å². The summed E-state index contributed by atoms with van der Waals surface area (Å²) in [5.41, 5.74) is 2.24. The number of fused-ring (bicyclic) bond motifs is 2. The number of unbranched alkanes of at least 4 members (excludes halogenated alkanes) is 8. The molecule has 2 heterocycles. The maximum atomic E-state index is 14.4. The number of amides is 4. The van der Waals surface area contributed by atoms with Crippen LogP contribution < -0.4 is 0 Å². The van der Waals surface area contributed by atoms with Crippen molar-refractivity contribution in [1.29, 1.82) is 0 Å². The van der Waals surface area contributed by atoms with Crippen molar-refractivity contribution in [3.05, 3.63) is 70.8 Å². The van der Waals surface area contributed by atoms with E-state index in [9.17, 15) is 19.2 Å². The zero-order valence-electron chi connectivity index (χ0n) is 34.7. The lowest BCUT2D eigenvalue weighted by Gasteiger charge is -2.32. The third kappa shape index (κ3) is 8.64. The van der Waals surface area contributed by atoms with E-state index in [0.29, 0.717) is 46.1 Å². The molecule has 2 aliphatic heterocycles. The summed E-state index contributed by atoms with van der Waals surface area (Å²) in [4.78, 5) is 60.4. The van der Waals surface area contributed by atoms with Crippen LogP contribution in [0.2, 0.25) is 0 Å². The van der Waals surface area contributed by atoms with Crippen LogP contribution in [-0.2, 0) is 0 Å². The maximum Gasteiger partial charge on any atom is 0.261 e. The number of thioether (sulfide) groups is 4. The Kier molecular flexibility index (Phi) is 15.0. The molecule has 0 radical (unpaired) electrons. The molecule has 0 unspecified atom stereocenters. The number of hydrogen-bond donors (Lipinski definition) is 0. The number of benzene rings is 5. The van der Waals surface area contributed by atoms with E-state index in [1.54, 1.807) is 0 Å². The quantitative estimate of drug-likeness (QED) is 0.0200. The first-order chi connectivity index (χ1) is 28.3. The van der Waals surface area contributed by atoms with E-state index in [4.69, 9.17) is 0 Å². The van der Waals surface area contributed by atoms with Gasteiger partial charge in [-0.05, 0) is 105 Å². The predicted octanol–water partition coefficient (Wildman–Crippen LogP) is 13.3. The van der Waals surface area contributed by atoms with Crippen molar-refractivity contribution in [2.45, 2.75) is 114 Å². The molecule has 0 bridgehead atoms. The van der Waals surface area contributed by atoms with Crippen LogP contribution in [0.25, 0.3) is 43.1 Å². The number of rotatable bonds is 24. The fraction of sp³-hybridized carbons (Fsp3) is 0.500. The molecule has 5 aromatic rings. The van der Waals surface area contributed by atoms with Crippen molar-refractivity contribution in [3.8, 4) is 0 Å². The van der Waals surface area contributed by atoms with Gasteiger partial charge >= 0.3 is 0 Å². The second-order valence-electron chi connectivity index (χ2n) is 15.8. The third-order valence-corrected chi connectivity index (χ3v) is 17.5. The van der Waals surface area contributed by atoms with Gasteiger partial charge in [0.05, 0.1) is 22.3 Å². The van der Waals surface area contributed by atoms with Gasteiger partial charge in [-0.2, -0.15) is 0 Å². The number of hydrogen-bond acceptors (Lipinski definition) is 8. The fourth-order valence-electron chi connectivity index (χ4n) is 8.57. The molecular weight excluding hydrogens is 797 g/mol. The minimum absolute atomic E-state index is 0.129. The first kappa shape index (κ1) is 43.2. The van der Waals surface area contributed by atoms with Gasteiger partial charge in [-0.15, -0.1) is 47.0 Å². The Morgan fingerprint density at radius 1 is 0.379 bits per heavy atom. The molecule has 10 heteroatoms. The van der Waals surface area contributed by atoms with Gasteiger partial charge in [0.2, 0.25) is 0 Å². The SMILES string of the molecule is CCCCCSC(CN1C(=O)c2ccc3c4ccc5c6c(ccc(c7ccc(c2c37)C1=O)c64)C(=O)N(CC(SCCCCC)SCCCCC)C5=O)SCCCCC. The molecule has 5 aromatic carbocycles. The van der Waals surface area contributed by atoms with Gasteiger partial charge in [0.25, 0.3) is 23.6 Å². The number of nitrogens with zero attached hydrogens (tertiary/aromatic N) is 2. The van der Waals surface area contributed by atoms with E-state index in [1.807, 2.05) is 95.6 Å². The zero-order chi connectivity index (χ0) is 40.8. The molecular formula is C48H58N2O4S4. The summed E-state index contributed by atoms with van der Waals surface area (Å²) in [6.07, 6.45) is 13.9. The molecule has 0 saturated carbocycles. The van der Waals surface area contributed by atoms with Crippen LogP contribution >= 0.6 is 47.0 Å². The van der Waals surface area contributed by atoms with Gasteiger partial charge in [-0.1, -0.05) is 103 Å². The highest BCUT2D eigenvalue weighted by atomic mass is 32.2. The molecule has 6 nitrogen and oxygen atoms in total. The highest BCUT2D eigenvalue weighted by Gasteiger charge is 2.38. The summed E-state index contributed by atoms with van der Waals surface area (Å²) in [6.45, 7) is 9.61. The van der Waals surface area contributed by atoms with Gasteiger partial charge < -0.3 is 0 Å². The highest BCUT2D eigenvalue weighted by Crippen LogP contribution is 2.47. The molecule has 58 heavy (non-hydrogen) atoms. The molecule has 0 fully saturated rings. The topological polar surface area (TPSA) is 74.8 Å². The monoisotopic (exact) mass is 854 g/mol. The van der Waals surface area contributed by atoms with Crippen molar-refractivity contribution in [2.24, 2.45) is 0 Å². The van der Waals surface area contributed by atoms with Crippen molar-refractivity contribution < 1.29 is 19.2 Å². The smallest absolute Gasteiger partial charge is 0.261 e. The summed E-state index contributed by atoms with van der Waals surface area (Å²) < 4.78 is 0.257. The molecule has 7 rings (SSSR count). The Bertz CT molecular complexity index is 1990. The molecule has 0 aromatic heterocycles. The molecule has 0 atom stereocenters. The summed E-state index contributed by atoms with van der Waals surface area (Å²) in [7, 11) is 0. The van der Waals surface area contributed by atoms with E-state index in [2.05, 4.69) is 27.7 Å². The van der Waals surface area contributed by atoms with Crippen molar-refractivity contribution >= 4 is 114 Å². The van der Waals surface area contributed by atoms with Crippen LogP contribution in [0.4, 0.5) is 0 Å².